The summed E-state index contributed by atoms with van der Waals surface area (Å²) in [6.07, 6.45) is 7.79. The number of pyridine rings is 1. The predicted octanol–water partition coefficient (Wildman–Crippen LogP) is 6.50. The molecule has 0 spiro atoms. The lowest BCUT2D eigenvalue weighted by molar-refractivity contribution is 0.0122. The average molecular weight is 683 g/mol. The molecule has 50 heavy (non-hydrogen) atoms. The van der Waals surface area contributed by atoms with E-state index >= 15 is 4.39 Å². The Labute approximate surface area is 292 Å². The van der Waals surface area contributed by atoms with Gasteiger partial charge in [-0.3, -0.25) is 14.8 Å². The summed E-state index contributed by atoms with van der Waals surface area (Å²) in [7, 11) is 0. The Morgan fingerprint density at radius 1 is 1.06 bits per heavy atom. The number of aryl methyl sites for hydroxylation is 1. The molecule has 2 aromatic carbocycles. The molecule has 4 aliphatic rings. The molecule has 6 heterocycles. The van der Waals surface area contributed by atoms with Gasteiger partial charge in [-0.2, -0.15) is 9.97 Å². The van der Waals surface area contributed by atoms with Crippen molar-refractivity contribution in [2.45, 2.75) is 102 Å². The summed E-state index contributed by atoms with van der Waals surface area (Å²) in [5.41, 5.74) is 1.50. The van der Waals surface area contributed by atoms with Crippen molar-refractivity contribution in [1.29, 1.82) is 0 Å². The molecule has 8 rings (SSSR count). The van der Waals surface area contributed by atoms with Crippen molar-refractivity contribution < 1.29 is 23.8 Å². The summed E-state index contributed by atoms with van der Waals surface area (Å²) in [5.74, 6) is 0.0583. The molecule has 4 aromatic rings. The minimum absolute atomic E-state index is 0.0574. The first kappa shape index (κ1) is 33.1. The van der Waals surface area contributed by atoms with Crippen LogP contribution < -0.4 is 9.64 Å². The summed E-state index contributed by atoms with van der Waals surface area (Å²) in [5, 5.41) is 12.6. The second kappa shape index (κ2) is 12.6. The number of aromatic nitrogens is 3. The van der Waals surface area contributed by atoms with Gasteiger partial charge in [-0.25, -0.2) is 9.18 Å². The van der Waals surface area contributed by atoms with Crippen molar-refractivity contribution in [1.82, 2.24) is 24.8 Å². The Morgan fingerprint density at radius 2 is 1.82 bits per heavy atom. The fourth-order valence-electron chi connectivity index (χ4n) is 9.12. The Balaban J connectivity index is 1.20. The van der Waals surface area contributed by atoms with E-state index in [1.165, 1.54) is 0 Å². The molecule has 11 heteroatoms. The van der Waals surface area contributed by atoms with E-state index in [1.54, 1.807) is 6.20 Å². The first-order valence-corrected chi connectivity index (χ1v) is 18.2. The maximum Gasteiger partial charge on any atom is 0.410 e. The van der Waals surface area contributed by atoms with Gasteiger partial charge in [-0.15, -0.1) is 0 Å². The van der Waals surface area contributed by atoms with Crippen LogP contribution in [0.2, 0.25) is 0 Å². The summed E-state index contributed by atoms with van der Waals surface area (Å²) in [4.78, 5) is 34.1. The number of aliphatic hydroxyl groups excluding tert-OH is 1. The number of halogens is 1. The highest BCUT2D eigenvalue weighted by molar-refractivity contribution is 6.00. The van der Waals surface area contributed by atoms with Crippen LogP contribution in [0.3, 0.4) is 0 Å². The van der Waals surface area contributed by atoms with Gasteiger partial charge in [0, 0.05) is 30.9 Å². The monoisotopic (exact) mass is 682 g/mol. The van der Waals surface area contributed by atoms with Crippen molar-refractivity contribution in [3.8, 4) is 17.3 Å². The van der Waals surface area contributed by atoms with Crippen LogP contribution in [0.25, 0.3) is 32.9 Å². The van der Waals surface area contributed by atoms with Gasteiger partial charge in [0.15, 0.2) is 5.82 Å². The SMILES string of the molecule is CCc1cccc2cccc(-c3ncc4c(N5CC6CCC(C5)N6C(=O)OC(C)(C)C)nc(OC[C@]56CCCN5[C@@H](CO)CC6)nc4c3F)c12. The largest absolute Gasteiger partial charge is 0.461 e. The highest BCUT2D eigenvalue weighted by atomic mass is 19.1. The van der Waals surface area contributed by atoms with Crippen LogP contribution in [-0.2, 0) is 11.2 Å². The third-order valence-electron chi connectivity index (χ3n) is 11.4. The molecule has 4 atom stereocenters. The van der Waals surface area contributed by atoms with Gasteiger partial charge < -0.3 is 19.5 Å². The van der Waals surface area contributed by atoms with Gasteiger partial charge in [0.1, 0.15) is 29.2 Å². The molecule has 4 aliphatic heterocycles. The smallest absolute Gasteiger partial charge is 0.410 e. The summed E-state index contributed by atoms with van der Waals surface area (Å²) in [6.45, 7) is 10.2. The van der Waals surface area contributed by atoms with Crippen molar-refractivity contribution in [3.63, 3.8) is 0 Å². The van der Waals surface area contributed by atoms with Gasteiger partial charge in [0.2, 0.25) is 0 Å². The molecule has 10 nitrogen and oxygen atoms in total. The fourth-order valence-corrected chi connectivity index (χ4v) is 9.12. The third-order valence-corrected chi connectivity index (χ3v) is 11.4. The lowest BCUT2D eigenvalue weighted by atomic mass is 9.95. The maximum atomic E-state index is 17.1. The zero-order valence-electron chi connectivity index (χ0n) is 29.5. The molecule has 2 bridgehead atoms. The Morgan fingerprint density at radius 3 is 2.54 bits per heavy atom. The second-order valence-electron chi connectivity index (χ2n) is 15.5. The summed E-state index contributed by atoms with van der Waals surface area (Å²) >= 11 is 0. The van der Waals surface area contributed by atoms with Crippen LogP contribution in [0.1, 0.15) is 71.8 Å². The molecule has 0 saturated carbocycles. The van der Waals surface area contributed by atoms with Gasteiger partial charge >= 0.3 is 12.1 Å². The van der Waals surface area contributed by atoms with Crippen LogP contribution in [0.15, 0.2) is 42.6 Å². The summed E-state index contributed by atoms with van der Waals surface area (Å²) in [6, 6.07) is 12.2. The molecule has 0 aliphatic carbocycles. The van der Waals surface area contributed by atoms with Crippen molar-refractivity contribution in [2.24, 2.45) is 0 Å². The number of amides is 1. The number of nitrogens with zero attached hydrogens (tertiary/aromatic N) is 6. The minimum Gasteiger partial charge on any atom is -0.461 e. The molecule has 1 N–H and O–H groups in total. The Bertz CT molecular complexity index is 1930. The van der Waals surface area contributed by atoms with E-state index in [0.29, 0.717) is 30.9 Å². The van der Waals surface area contributed by atoms with Gasteiger partial charge in [0.05, 0.1) is 29.6 Å². The molecular formula is C39H47FN6O4. The highest BCUT2D eigenvalue weighted by Crippen LogP contribution is 2.43. The lowest BCUT2D eigenvalue weighted by Crippen LogP contribution is -2.57. The number of carbonyl (C=O) groups excluding carboxylic acids is 1. The molecule has 2 unspecified atom stereocenters. The van der Waals surface area contributed by atoms with E-state index in [1.807, 2.05) is 56.0 Å². The zero-order chi connectivity index (χ0) is 34.8. The maximum absolute atomic E-state index is 17.1. The van der Waals surface area contributed by atoms with Crippen molar-refractivity contribution in [3.05, 3.63) is 54.0 Å². The number of hydrogen-bond donors (Lipinski definition) is 1. The molecule has 2 aromatic heterocycles. The standard InChI is InChI=1S/C39H47FN6O4/c1-5-24-9-6-10-25-11-7-12-29(31(24)25)33-32(40)34-30(19-41-33)35(44-20-26-13-14-27(21-44)46(26)37(48)50-38(2,3)4)43-36(42-34)49-23-39-16-8-18-45(39)28(22-47)15-17-39/h6-7,9-12,19,26-28,47H,5,8,13-18,20-23H2,1-4H3/t26?,27?,28-,39-/m1/s1. The fraction of sp³-hybridized carbons (Fsp3) is 0.538. The van der Waals surface area contributed by atoms with E-state index in [0.717, 1.165) is 73.4 Å². The number of fused-ring (bicyclic) bond motifs is 5. The number of carbonyl (C=O) groups is 1. The van der Waals surface area contributed by atoms with Crippen LogP contribution in [-0.4, -0.2) is 98.1 Å². The number of piperazine rings is 1. The average Bonchev–Trinajstić information content (AvgIpc) is 3.75. The Hall–Kier alpha value is -4.09. The van der Waals surface area contributed by atoms with Crippen molar-refractivity contribution >= 4 is 33.6 Å². The number of hydrogen-bond acceptors (Lipinski definition) is 9. The quantitative estimate of drug-likeness (QED) is 0.234. The summed E-state index contributed by atoms with van der Waals surface area (Å²) < 4.78 is 29.3. The topological polar surface area (TPSA) is 104 Å². The van der Waals surface area contributed by atoms with E-state index in [2.05, 4.69) is 22.8 Å². The van der Waals surface area contributed by atoms with E-state index in [-0.39, 0.29) is 53.6 Å². The van der Waals surface area contributed by atoms with Crippen LogP contribution in [0.4, 0.5) is 15.0 Å². The lowest BCUT2D eigenvalue weighted by Gasteiger charge is -2.42. The van der Waals surface area contributed by atoms with E-state index in [4.69, 9.17) is 24.4 Å². The molecule has 264 valence electrons. The molecule has 4 fully saturated rings. The predicted molar refractivity (Wildman–Crippen MR) is 191 cm³/mol. The zero-order valence-corrected chi connectivity index (χ0v) is 29.5. The van der Waals surface area contributed by atoms with Gasteiger partial charge in [0.25, 0.3) is 0 Å². The number of aliphatic hydroxyl groups is 1. The van der Waals surface area contributed by atoms with Crippen LogP contribution in [0.5, 0.6) is 6.01 Å². The number of benzene rings is 2. The van der Waals surface area contributed by atoms with E-state index in [9.17, 15) is 9.90 Å². The molecule has 0 radical (unpaired) electrons. The first-order chi connectivity index (χ1) is 24.1. The first-order valence-electron chi connectivity index (χ1n) is 18.2. The van der Waals surface area contributed by atoms with Crippen LogP contribution >= 0.6 is 0 Å². The van der Waals surface area contributed by atoms with E-state index < -0.39 is 11.4 Å². The molecule has 4 saturated heterocycles. The highest BCUT2D eigenvalue weighted by Gasteiger charge is 2.50. The third kappa shape index (κ3) is 5.62. The molecule has 1 amide bonds. The molecular weight excluding hydrogens is 635 g/mol. The van der Waals surface area contributed by atoms with Gasteiger partial charge in [-0.05, 0) is 88.6 Å². The van der Waals surface area contributed by atoms with Crippen molar-refractivity contribution in [2.75, 3.05) is 37.7 Å². The minimum atomic E-state index is -0.587. The number of rotatable bonds is 7. The number of ether oxygens (including phenoxy) is 2. The van der Waals surface area contributed by atoms with Crippen LogP contribution in [0, 0.1) is 5.82 Å². The second-order valence-corrected chi connectivity index (χ2v) is 15.5. The van der Waals surface area contributed by atoms with Gasteiger partial charge in [-0.1, -0.05) is 43.3 Å². The normalized spacial score (nSPS) is 25.1. The number of anilines is 1. The Kier molecular flexibility index (Phi) is 8.33.